The predicted octanol–water partition coefficient (Wildman–Crippen LogP) is 17.8. The monoisotopic (exact) mass is 870 g/mol. The van der Waals surface area contributed by atoms with Gasteiger partial charge in [0.2, 0.25) is 0 Å². The molecule has 2 fully saturated rings. The highest BCUT2D eigenvalue weighted by molar-refractivity contribution is 6.40. The van der Waals surface area contributed by atoms with Crippen LogP contribution in [0.5, 0.6) is 0 Å². The lowest BCUT2D eigenvalue weighted by molar-refractivity contribution is 0.551. The number of fused-ring (bicyclic) bond motifs is 20. The van der Waals surface area contributed by atoms with Gasteiger partial charge in [-0.25, -0.2) is 0 Å². The van der Waals surface area contributed by atoms with Gasteiger partial charge in [-0.3, -0.25) is 0 Å². The average molecular weight is 871 g/mol. The van der Waals surface area contributed by atoms with Crippen molar-refractivity contribution in [2.24, 2.45) is 0 Å². The van der Waals surface area contributed by atoms with Crippen molar-refractivity contribution in [3.05, 3.63) is 170 Å². The first-order chi connectivity index (χ1) is 33.8. The number of rotatable bonds is 4. The van der Waals surface area contributed by atoms with Crippen molar-refractivity contribution in [2.45, 2.75) is 63.5 Å². The highest BCUT2D eigenvalue weighted by Crippen LogP contribution is 2.56. The number of para-hydroxylation sites is 4. The van der Waals surface area contributed by atoms with Crippen LogP contribution in [0.25, 0.3) is 142 Å². The summed E-state index contributed by atoms with van der Waals surface area (Å²) in [5.74, 6) is 0. The van der Waals surface area contributed by atoms with E-state index in [2.05, 4.69) is 188 Å². The third-order valence-corrected chi connectivity index (χ3v) is 17.2. The van der Waals surface area contributed by atoms with Crippen molar-refractivity contribution in [1.29, 1.82) is 0 Å². The van der Waals surface area contributed by atoms with Crippen molar-refractivity contribution in [3.8, 4) is 22.3 Å². The van der Waals surface area contributed by atoms with E-state index in [-0.39, 0.29) is 0 Å². The minimum absolute atomic E-state index is 0.499. The zero-order valence-corrected chi connectivity index (χ0v) is 37.8. The van der Waals surface area contributed by atoms with Crippen molar-refractivity contribution in [1.82, 2.24) is 17.9 Å². The first kappa shape index (κ1) is 36.3. The minimum atomic E-state index is 0.499. The first-order valence-electron chi connectivity index (χ1n) is 25.2. The molecule has 0 N–H and O–H groups in total. The van der Waals surface area contributed by atoms with Crippen molar-refractivity contribution < 1.29 is 0 Å². The molecule has 0 bridgehead atoms. The second-order valence-electron chi connectivity index (χ2n) is 20.4. The molecule has 6 aromatic heterocycles. The average Bonchev–Trinajstić information content (AvgIpc) is 4.27. The van der Waals surface area contributed by atoms with Crippen LogP contribution in [-0.2, 0) is 0 Å². The van der Waals surface area contributed by atoms with Gasteiger partial charge < -0.3 is 17.9 Å². The summed E-state index contributed by atoms with van der Waals surface area (Å²) < 4.78 is 10.9. The van der Waals surface area contributed by atoms with Gasteiger partial charge in [-0.15, -0.1) is 0 Å². The Morgan fingerprint density at radius 2 is 0.632 bits per heavy atom. The number of nitrogens with zero attached hydrogens (tertiary/aromatic N) is 4. The Kier molecular flexibility index (Phi) is 6.94. The molecular weight excluding hydrogens is 825 g/mol. The van der Waals surface area contributed by atoms with Gasteiger partial charge in [-0.2, -0.15) is 0 Å². The summed E-state index contributed by atoms with van der Waals surface area (Å²) in [5, 5.41) is 16.2. The van der Waals surface area contributed by atoms with Gasteiger partial charge in [-0.05, 0) is 61.1 Å². The number of hydrogen-bond donors (Lipinski definition) is 0. The van der Waals surface area contributed by atoms with E-state index in [4.69, 9.17) is 0 Å². The van der Waals surface area contributed by atoms with E-state index in [9.17, 15) is 0 Å². The highest BCUT2D eigenvalue weighted by Gasteiger charge is 2.33. The molecule has 6 heterocycles. The van der Waals surface area contributed by atoms with E-state index < -0.39 is 0 Å². The highest BCUT2D eigenvalue weighted by atomic mass is 15.0. The molecule has 322 valence electrons. The molecule has 0 atom stereocenters. The van der Waals surface area contributed by atoms with E-state index in [1.807, 2.05) is 0 Å². The Balaban J connectivity index is 1.13. The number of aromatic nitrogens is 4. The molecule has 0 saturated heterocycles. The maximum atomic E-state index is 2.76. The van der Waals surface area contributed by atoms with Crippen LogP contribution in [0.3, 0.4) is 0 Å². The molecule has 2 saturated carbocycles. The Bertz CT molecular complexity index is 4310. The summed E-state index contributed by atoms with van der Waals surface area (Å²) in [4.78, 5) is 0. The topological polar surface area (TPSA) is 18.7 Å². The van der Waals surface area contributed by atoms with Crippen LogP contribution in [0.2, 0.25) is 0 Å². The van der Waals surface area contributed by atoms with Crippen molar-refractivity contribution in [2.75, 3.05) is 0 Å². The third-order valence-electron chi connectivity index (χ3n) is 17.2. The van der Waals surface area contributed by atoms with Gasteiger partial charge in [0.05, 0.1) is 44.1 Å². The second kappa shape index (κ2) is 13.0. The molecule has 15 aromatic rings. The second-order valence-corrected chi connectivity index (χ2v) is 20.4. The largest absolute Gasteiger partial charge is 0.337 e. The first-order valence-corrected chi connectivity index (χ1v) is 25.2. The summed E-state index contributed by atoms with van der Waals surface area (Å²) >= 11 is 0. The Morgan fingerprint density at radius 3 is 1.06 bits per heavy atom. The normalized spacial score (nSPS) is 15.6. The predicted molar refractivity (Wildman–Crippen MR) is 288 cm³/mol. The molecule has 0 radical (unpaired) electrons. The lowest BCUT2D eigenvalue weighted by Crippen LogP contribution is -2.04. The fourth-order valence-electron chi connectivity index (χ4n) is 14.7. The minimum Gasteiger partial charge on any atom is -0.337 e. The van der Waals surface area contributed by atoms with E-state index >= 15 is 0 Å². The maximum Gasteiger partial charge on any atom is 0.0634 e. The summed E-state index contributed by atoms with van der Waals surface area (Å²) in [6, 6.07) is 66.3. The standard InChI is InChI=1S/C64H46N4/c1-3-17-37(18-4-1)53-57-47-29-15-27-45-56-52(36-34-44-42-26-12-14-32-50(42)66(62(44)56)40-23-9-10-24-40)68(59(45)47)64(57)54(38-19-5-2-6-20-38)58-48-30-16-28-46-55-51(67(60(46)48)63(53)58)35-33-43-41-25-11-13-31-49(41)65(61(43)55)39-21-7-8-22-39/h1-6,11-20,25-36,39-40H,7-10,21-24H2. The van der Waals surface area contributed by atoms with Gasteiger partial charge in [0.15, 0.2) is 0 Å². The van der Waals surface area contributed by atoms with E-state index in [1.165, 1.54) is 193 Å². The molecule has 2 aliphatic rings. The van der Waals surface area contributed by atoms with Gasteiger partial charge in [0.25, 0.3) is 0 Å². The number of benzene rings is 9. The lowest BCUT2D eigenvalue weighted by atomic mass is 9.89. The van der Waals surface area contributed by atoms with Crippen LogP contribution >= 0.6 is 0 Å². The van der Waals surface area contributed by atoms with Crippen LogP contribution in [-0.4, -0.2) is 17.9 Å². The molecule has 0 spiro atoms. The van der Waals surface area contributed by atoms with E-state index in [0.717, 1.165) is 0 Å². The van der Waals surface area contributed by atoms with Gasteiger partial charge in [0.1, 0.15) is 0 Å². The van der Waals surface area contributed by atoms with Crippen molar-refractivity contribution >= 4 is 120 Å². The Labute approximate surface area is 391 Å². The quantitative estimate of drug-likeness (QED) is 0.168. The van der Waals surface area contributed by atoms with Gasteiger partial charge in [0, 0.05) is 98.9 Å². The van der Waals surface area contributed by atoms with Gasteiger partial charge in [-0.1, -0.05) is 171 Å². The maximum absolute atomic E-state index is 2.76. The zero-order chi connectivity index (χ0) is 43.9. The lowest BCUT2D eigenvalue weighted by Gasteiger charge is -2.17. The fraction of sp³-hybridized carbons (Fsp3) is 0.156. The molecule has 4 heteroatoms. The van der Waals surface area contributed by atoms with Crippen LogP contribution in [0.1, 0.15) is 63.5 Å². The zero-order valence-electron chi connectivity index (χ0n) is 37.8. The van der Waals surface area contributed by atoms with Gasteiger partial charge >= 0.3 is 0 Å². The molecule has 9 aromatic carbocycles. The summed E-state index contributed by atoms with van der Waals surface area (Å²) in [7, 11) is 0. The summed E-state index contributed by atoms with van der Waals surface area (Å²) in [5.41, 5.74) is 18.5. The Hall–Kier alpha value is -7.82. The van der Waals surface area contributed by atoms with E-state index in [0.29, 0.717) is 12.1 Å². The molecular formula is C64H46N4. The smallest absolute Gasteiger partial charge is 0.0634 e. The molecule has 0 aliphatic heterocycles. The summed E-state index contributed by atoms with van der Waals surface area (Å²) in [6.07, 6.45) is 10.1. The van der Waals surface area contributed by atoms with Crippen LogP contribution in [0.4, 0.5) is 0 Å². The molecule has 68 heavy (non-hydrogen) atoms. The molecule has 17 rings (SSSR count). The van der Waals surface area contributed by atoms with Crippen LogP contribution in [0, 0.1) is 0 Å². The van der Waals surface area contributed by atoms with Crippen molar-refractivity contribution in [3.63, 3.8) is 0 Å². The van der Waals surface area contributed by atoms with E-state index in [1.54, 1.807) is 0 Å². The SMILES string of the molecule is c1ccc(-c2c3c4cccc5c6c7c(ccc6n(c3c(-c3ccccc3)c3c6cccc8c9c%10c(ccc9n(c23)c68)c2ccccc2n%10C2CCCC2)c45)c2ccccc2n7C2CCCC2)cc1. The summed E-state index contributed by atoms with van der Waals surface area (Å²) in [6.45, 7) is 0. The molecule has 4 nitrogen and oxygen atoms in total. The molecule has 0 amide bonds. The third kappa shape index (κ3) is 4.31. The van der Waals surface area contributed by atoms with Crippen LogP contribution < -0.4 is 0 Å². The number of hydrogen-bond acceptors (Lipinski definition) is 0. The van der Waals surface area contributed by atoms with Crippen LogP contribution in [0.15, 0.2) is 170 Å². The fourth-order valence-corrected chi connectivity index (χ4v) is 14.7. The molecule has 0 unspecified atom stereocenters. The molecule has 2 aliphatic carbocycles. The Morgan fingerprint density at radius 1 is 0.265 bits per heavy atom.